The van der Waals surface area contributed by atoms with Crippen molar-refractivity contribution in [3.05, 3.63) is 0 Å². The van der Waals surface area contributed by atoms with Crippen LogP contribution in [0.4, 0.5) is 0 Å². The van der Waals surface area contributed by atoms with Crippen molar-refractivity contribution in [1.29, 1.82) is 0 Å². The average molecular weight is 414 g/mol. The van der Waals surface area contributed by atoms with E-state index in [4.69, 9.17) is 30.1 Å². The molecule has 0 aliphatic carbocycles. The number of hydrogen-bond acceptors (Lipinski definition) is 9. The molecule has 0 aromatic heterocycles. The number of terminal acetylenes is 1. The summed E-state index contributed by atoms with van der Waals surface area (Å²) in [6.45, 7) is 5.22. The van der Waals surface area contributed by atoms with Crippen LogP contribution in [-0.4, -0.2) is 86.3 Å². The van der Waals surface area contributed by atoms with Crippen LogP contribution in [0.3, 0.4) is 0 Å². The second-order valence-corrected chi connectivity index (χ2v) is 7.38. The second-order valence-electron chi connectivity index (χ2n) is 7.38. The Morgan fingerprint density at radius 2 is 1.38 bits per heavy atom. The van der Waals surface area contributed by atoms with Gasteiger partial charge in [0.1, 0.15) is 6.54 Å². The Balaban J connectivity index is 3.12. The standard InChI is InChI=1S/C19H28NO9/c1-8-9-20(6,7)10-15(24)29-19-18(28-14(5)23)17(27-13(4)22)16(11(2)25-19)26-12(3)21/h1,11,16-19H,9-10H2,2-7H3/q+1/t11-,16+,17+,18-,19?/m0/s1. The highest BCUT2D eigenvalue weighted by molar-refractivity contribution is 5.71. The van der Waals surface area contributed by atoms with E-state index in [-0.39, 0.29) is 17.6 Å². The van der Waals surface area contributed by atoms with E-state index in [2.05, 4.69) is 5.92 Å². The minimum Gasteiger partial charge on any atom is -0.456 e. The number of quaternary nitrogens is 1. The average Bonchev–Trinajstić information content (AvgIpc) is 2.52. The molecule has 1 aliphatic heterocycles. The number of ether oxygens (including phenoxy) is 5. The summed E-state index contributed by atoms with van der Waals surface area (Å²) in [6, 6.07) is 0. The number of nitrogens with zero attached hydrogens (tertiary/aromatic N) is 1. The summed E-state index contributed by atoms with van der Waals surface area (Å²) in [6.07, 6.45) is -0.513. The highest BCUT2D eigenvalue weighted by Crippen LogP contribution is 2.29. The molecule has 10 nitrogen and oxygen atoms in total. The molecule has 0 bridgehead atoms. The van der Waals surface area contributed by atoms with Crippen molar-refractivity contribution in [2.24, 2.45) is 0 Å². The van der Waals surface area contributed by atoms with Gasteiger partial charge in [-0.3, -0.25) is 14.4 Å². The lowest BCUT2D eigenvalue weighted by Gasteiger charge is -2.43. The fourth-order valence-corrected chi connectivity index (χ4v) is 2.88. The Morgan fingerprint density at radius 1 is 0.897 bits per heavy atom. The van der Waals surface area contributed by atoms with Crippen LogP contribution >= 0.6 is 0 Å². The van der Waals surface area contributed by atoms with Gasteiger partial charge < -0.3 is 28.2 Å². The number of likely N-dealkylation sites (N-methyl/N-ethyl adjacent to an activating group) is 1. The van der Waals surface area contributed by atoms with Crippen LogP contribution in [0.2, 0.25) is 0 Å². The first-order valence-corrected chi connectivity index (χ1v) is 8.98. The van der Waals surface area contributed by atoms with Crippen molar-refractivity contribution in [3.8, 4) is 12.3 Å². The minimum atomic E-state index is -1.37. The number of carbonyl (C=O) groups is 4. The van der Waals surface area contributed by atoms with Crippen molar-refractivity contribution < 1.29 is 47.3 Å². The summed E-state index contributed by atoms with van der Waals surface area (Å²) in [5.74, 6) is -0.260. The van der Waals surface area contributed by atoms with E-state index in [0.717, 1.165) is 13.8 Å². The van der Waals surface area contributed by atoms with Crippen LogP contribution in [0.25, 0.3) is 0 Å². The lowest BCUT2D eigenvalue weighted by Crippen LogP contribution is -2.61. The van der Waals surface area contributed by atoms with Gasteiger partial charge in [-0.2, -0.15) is 0 Å². The lowest BCUT2D eigenvalue weighted by atomic mass is 9.99. The Labute approximate surface area is 169 Å². The predicted octanol–water partition coefficient (Wildman–Crippen LogP) is -0.221. The van der Waals surface area contributed by atoms with E-state index >= 15 is 0 Å². The van der Waals surface area contributed by atoms with Crippen LogP contribution < -0.4 is 0 Å². The molecule has 0 aromatic rings. The molecular weight excluding hydrogens is 386 g/mol. The summed E-state index contributed by atoms with van der Waals surface area (Å²) in [5, 5.41) is 0. The van der Waals surface area contributed by atoms with Gasteiger partial charge in [0.25, 0.3) is 0 Å². The summed E-state index contributed by atoms with van der Waals surface area (Å²) in [5.41, 5.74) is 0. The monoisotopic (exact) mass is 414 g/mol. The Bertz CT molecular complexity index is 682. The largest absolute Gasteiger partial charge is 0.456 e. The van der Waals surface area contributed by atoms with Crippen molar-refractivity contribution in [3.63, 3.8) is 0 Å². The zero-order chi connectivity index (χ0) is 22.4. The molecule has 0 amide bonds. The SMILES string of the molecule is C#CC[N+](C)(C)CC(=O)OC1O[C@@H](C)[C@@H](OC(C)=O)[C@@H](OC(C)=O)[C@@H]1OC(C)=O. The lowest BCUT2D eigenvalue weighted by molar-refractivity contribution is -0.875. The zero-order valence-corrected chi connectivity index (χ0v) is 17.5. The molecule has 1 heterocycles. The number of rotatable bonds is 7. The van der Waals surface area contributed by atoms with Crippen molar-refractivity contribution in [2.45, 2.75) is 58.4 Å². The maximum Gasteiger partial charge on any atom is 0.364 e. The fourth-order valence-electron chi connectivity index (χ4n) is 2.88. The molecule has 1 fully saturated rings. The Hall–Kier alpha value is -2.64. The number of hydrogen-bond donors (Lipinski definition) is 0. The maximum absolute atomic E-state index is 12.4. The van der Waals surface area contributed by atoms with Gasteiger partial charge in [0, 0.05) is 20.8 Å². The summed E-state index contributed by atoms with van der Waals surface area (Å²) in [4.78, 5) is 47.1. The minimum absolute atomic E-state index is 0.0726. The summed E-state index contributed by atoms with van der Waals surface area (Å²) < 4.78 is 26.8. The quantitative estimate of drug-likeness (QED) is 0.241. The number of carbonyl (C=O) groups excluding carboxylic acids is 4. The molecular formula is C19H28NO9+. The van der Waals surface area contributed by atoms with Crippen molar-refractivity contribution >= 4 is 23.9 Å². The first-order valence-electron chi connectivity index (χ1n) is 8.98. The van der Waals surface area contributed by atoms with Gasteiger partial charge in [-0.15, -0.1) is 6.42 Å². The van der Waals surface area contributed by atoms with E-state index in [1.807, 2.05) is 0 Å². The van der Waals surface area contributed by atoms with Crippen LogP contribution in [0.1, 0.15) is 27.7 Å². The normalized spacial score (nSPS) is 26.6. The molecule has 0 spiro atoms. The van der Waals surface area contributed by atoms with E-state index < -0.39 is 54.6 Å². The third-order valence-corrected chi connectivity index (χ3v) is 3.96. The molecule has 162 valence electrons. The molecule has 5 atom stereocenters. The van der Waals surface area contributed by atoms with Gasteiger partial charge in [0.15, 0.2) is 18.8 Å². The molecule has 0 saturated carbocycles. The van der Waals surface area contributed by atoms with Gasteiger partial charge in [-0.05, 0) is 12.8 Å². The van der Waals surface area contributed by atoms with Crippen LogP contribution in [-0.2, 0) is 42.9 Å². The first-order chi connectivity index (χ1) is 13.4. The van der Waals surface area contributed by atoms with Gasteiger partial charge in [-0.25, -0.2) is 4.79 Å². The molecule has 0 N–H and O–H groups in total. The van der Waals surface area contributed by atoms with E-state index in [1.165, 1.54) is 6.92 Å². The molecule has 29 heavy (non-hydrogen) atoms. The Morgan fingerprint density at radius 3 is 1.86 bits per heavy atom. The smallest absolute Gasteiger partial charge is 0.364 e. The van der Waals surface area contributed by atoms with Gasteiger partial charge >= 0.3 is 23.9 Å². The van der Waals surface area contributed by atoms with E-state index in [9.17, 15) is 19.2 Å². The summed E-state index contributed by atoms with van der Waals surface area (Å²) in [7, 11) is 3.49. The fraction of sp³-hybridized carbons (Fsp3) is 0.684. The van der Waals surface area contributed by atoms with Crippen LogP contribution in [0, 0.1) is 12.3 Å². The molecule has 1 saturated heterocycles. The predicted molar refractivity (Wildman–Crippen MR) is 97.8 cm³/mol. The Kier molecular flexibility index (Phi) is 8.60. The molecule has 1 aliphatic rings. The van der Waals surface area contributed by atoms with Gasteiger partial charge in [0.05, 0.1) is 20.2 Å². The highest BCUT2D eigenvalue weighted by atomic mass is 16.7. The highest BCUT2D eigenvalue weighted by Gasteiger charge is 2.52. The van der Waals surface area contributed by atoms with E-state index in [1.54, 1.807) is 21.0 Å². The van der Waals surface area contributed by atoms with Crippen molar-refractivity contribution in [1.82, 2.24) is 0 Å². The van der Waals surface area contributed by atoms with Crippen LogP contribution in [0.5, 0.6) is 0 Å². The van der Waals surface area contributed by atoms with Gasteiger partial charge in [-0.1, -0.05) is 0 Å². The van der Waals surface area contributed by atoms with Gasteiger partial charge in [0.2, 0.25) is 12.4 Å². The first kappa shape index (κ1) is 24.4. The third kappa shape index (κ3) is 7.71. The molecule has 0 aromatic carbocycles. The van der Waals surface area contributed by atoms with E-state index in [0.29, 0.717) is 0 Å². The second kappa shape index (κ2) is 10.2. The maximum atomic E-state index is 12.4. The molecule has 10 heteroatoms. The zero-order valence-electron chi connectivity index (χ0n) is 17.5. The number of esters is 4. The third-order valence-electron chi connectivity index (χ3n) is 3.96. The van der Waals surface area contributed by atoms with Crippen molar-refractivity contribution in [2.75, 3.05) is 27.2 Å². The summed E-state index contributed by atoms with van der Waals surface area (Å²) >= 11 is 0. The molecule has 0 radical (unpaired) electrons. The van der Waals surface area contributed by atoms with Crippen LogP contribution in [0.15, 0.2) is 0 Å². The molecule has 1 rings (SSSR count). The molecule has 1 unspecified atom stereocenters. The topological polar surface area (TPSA) is 114 Å².